The number of morpholine rings is 1. The molecule has 1 atom stereocenters. The molecule has 1 aromatic rings. The molecule has 1 heterocycles. The highest BCUT2D eigenvalue weighted by molar-refractivity contribution is 5.37. The fraction of sp³-hybridized carbons (Fsp3) is 0.500. The van der Waals surface area contributed by atoms with E-state index in [-0.39, 0.29) is 18.5 Å². The van der Waals surface area contributed by atoms with E-state index in [0.29, 0.717) is 30.7 Å². The normalized spacial score (nSPS) is 19.4. The Labute approximate surface area is 119 Å². The van der Waals surface area contributed by atoms with Crippen molar-refractivity contribution in [3.05, 3.63) is 35.1 Å². The summed E-state index contributed by atoms with van der Waals surface area (Å²) in [6, 6.07) is 5.08. The fourth-order valence-electron chi connectivity index (χ4n) is 2.25. The molecule has 1 aliphatic heterocycles. The Kier molecular flexibility index (Phi) is 5.54. The Balaban J connectivity index is 2.01. The van der Waals surface area contributed by atoms with E-state index in [1.807, 2.05) is 13.0 Å². The molecule has 0 bridgehead atoms. The van der Waals surface area contributed by atoms with Crippen molar-refractivity contribution in [2.24, 2.45) is 0 Å². The molecule has 1 saturated heterocycles. The van der Waals surface area contributed by atoms with E-state index < -0.39 is 0 Å². The van der Waals surface area contributed by atoms with Gasteiger partial charge in [0.1, 0.15) is 5.82 Å². The second-order valence-corrected chi connectivity index (χ2v) is 5.00. The van der Waals surface area contributed by atoms with E-state index in [0.717, 1.165) is 13.1 Å². The zero-order valence-corrected chi connectivity index (χ0v) is 11.7. The number of aliphatic hydroxyl groups excluding tert-OH is 1. The summed E-state index contributed by atoms with van der Waals surface area (Å²) in [5.74, 6) is 5.41. The van der Waals surface area contributed by atoms with Gasteiger partial charge in [0.05, 0.1) is 19.3 Å². The maximum atomic E-state index is 14.0. The number of aliphatic hydroxyl groups is 1. The third-order valence-corrected chi connectivity index (χ3v) is 3.24. The van der Waals surface area contributed by atoms with E-state index in [4.69, 9.17) is 9.84 Å². The Morgan fingerprint density at radius 2 is 2.35 bits per heavy atom. The van der Waals surface area contributed by atoms with Crippen LogP contribution in [0.25, 0.3) is 0 Å². The Morgan fingerprint density at radius 3 is 3.05 bits per heavy atom. The zero-order valence-electron chi connectivity index (χ0n) is 11.7. The second kappa shape index (κ2) is 7.39. The van der Waals surface area contributed by atoms with Crippen molar-refractivity contribution in [2.45, 2.75) is 26.0 Å². The number of benzene rings is 1. The fourth-order valence-corrected chi connectivity index (χ4v) is 2.25. The van der Waals surface area contributed by atoms with Crippen molar-refractivity contribution in [3.8, 4) is 11.8 Å². The molecule has 20 heavy (non-hydrogen) atoms. The van der Waals surface area contributed by atoms with Gasteiger partial charge in [-0.3, -0.25) is 4.90 Å². The van der Waals surface area contributed by atoms with Gasteiger partial charge in [-0.25, -0.2) is 4.39 Å². The van der Waals surface area contributed by atoms with E-state index in [1.165, 1.54) is 6.07 Å². The van der Waals surface area contributed by atoms with Gasteiger partial charge in [-0.2, -0.15) is 0 Å². The van der Waals surface area contributed by atoms with Gasteiger partial charge in [0.2, 0.25) is 0 Å². The Hall–Kier alpha value is -1.41. The lowest BCUT2D eigenvalue weighted by Gasteiger charge is -2.31. The molecule has 0 spiro atoms. The first-order valence-corrected chi connectivity index (χ1v) is 6.91. The van der Waals surface area contributed by atoms with E-state index >= 15 is 0 Å². The van der Waals surface area contributed by atoms with Crippen LogP contribution < -0.4 is 0 Å². The number of hydrogen-bond acceptors (Lipinski definition) is 3. The number of halogens is 1. The monoisotopic (exact) mass is 277 g/mol. The van der Waals surface area contributed by atoms with Gasteiger partial charge in [-0.15, -0.1) is 0 Å². The predicted molar refractivity (Wildman–Crippen MR) is 75.7 cm³/mol. The lowest BCUT2D eigenvalue weighted by molar-refractivity contribution is -0.0215. The summed E-state index contributed by atoms with van der Waals surface area (Å²) in [7, 11) is 0. The molecule has 1 N–H and O–H groups in total. The minimum absolute atomic E-state index is 0.0305. The summed E-state index contributed by atoms with van der Waals surface area (Å²) in [5.41, 5.74) is 1.34. The van der Waals surface area contributed by atoms with Gasteiger partial charge in [0.25, 0.3) is 0 Å². The van der Waals surface area contributed by atoms with Crippen LogP contribution in [-0.4, -0.2) is 42.4 Å². The van der Waals surface area contributed by atoms with Crippen LogP contribution in [-0.2, 0) is 11.3 Å². The van der Waals surface area contributed by atoms with Crippen molar-refractivity contribution in [3.63, 3.8) is 0 Å². The van der Waals surface area contributed by atoms with Gasteiger partial charge in [0.15, 0.2) is 0 Å². The molecule has 1 fully saturated rings. The van der Waals surface area contributed by atoms with Crippen LogP contribution in [0.1, 0.15) is 24.5 Å². The zero-order chi connectivity index (χ0) is 14.4. The average molecular weight is 277 g/mol. The third kappa shape index (κ3) is 4.31. The standard InChI is InChI=1S/C16H20FNO2/c1-13-11-18(7-9-20-13)12-15-6-5-14(10-16(15)17)4-2-3-8-19/h5-6,10,13,19H,3,7-9,11-12H2,1H3. The summed E-state index contributed by atoms with van der Waals surface area (Å²) < 4.78 is 19.5. The quantitative estimate of drug-likeness (QED) is 0.855. The highest BCUT2D eigenvalue weighted by Gasteiger charge is 2.17. The molecule has 0 radical (unpaired) electrons. The van der Waals surface area contributed by atoms with Crippen LogP contribution >= 0.6 is 0 Å². The Morgan fingerprint density at radius 1 is 1.50 bits per heavy atom. The number of nitrogens with zero attached hydrogens (tertiary/aromatic N) is 1. The van der Waals surface area contributed by atoms with Crippen LogP contribution in [0.2, 0.25) is 0 Å². The van der Waals surface area contributed by atoms with Crippen LogP contribution in [0.5, 0.6) is 0 Å². The summed E-state index contributed by atoms with van der Waals surface area (Å²) in [6.07, 6.45) is 0.616. The SMILES string of the molecule is CC1CN(Cc2ccc(C#CCCO)cc2F)CCO1. The summed E-state index contributed by atoms with van der Waals surface area (Å²) in [5, 5.41) is 8.65. The summed E-state index contributed by atoms with van der Waals surface area (Å²) in [4.78, 5) is 2.20. The Bertz CT molecular complexity index is 507. The van der Waals surface area contributed by atoms with Crippen LogP contribution in [0.4, 0.5) is 4.39 Å². The van der Waals surface area contributed by atoms with Crippen LogP contribution in [0.3, 0.4) is 0 Å². The first kappa shape index (κ1) is 15.0. The minimum atomic E-state index is -0.222. The molecule has 108 valence electrons. The molecule has 0 aromatic heterocycles. The third-order valence-electron chi connectivity index (χ3n) is 3.24. The van der Waals surface area contributed by atoms with Gasteiger partial charge in [-0.1, -0.05) is 17.9 Å². The van der Waals surface area contributed by atoms with E-state index in [2.05, 4.69) is 16.7 Å². The lowest BCUT2D eigenvalue weighted by atomic mass is 10.1. The van der Waals surface area contributed by atoms with Crippen molar-refractivity contribution in [1.82, 2.24) is 4.90 Å². The van der Waals surface area contributed by atoms with Crippen molar-refractivity contribution in [1.29, 1.82) is 0 Å². The molecular weight excluding hydrogens is 257 g/mol. The molecule has 1 unspecified atom stereocenters. The number of hydrogen-bond donors (Lipinski definition) is 1. The molecule has 1 aromatic carbocycles. The smallest absolute Gasteiger partial charge is 0.128 e. The highest BCUT2D eigenvalue weighted by atomic mass is 19.1. The van der Waals surface area contributed by atoms with Crippen molar-refractivity contribution >= 4 is 0 Å². The predicted octanol–water partition coefficient (Wildman–Crippen LogP) is 1.78. The topological polar surface area (TPSA) is 32.7 Å². The number of ether oxygens (including phenoxy) is 1. The second-order valence-electron chi connectivity index (χ2n) is 5.00. The first-order valence-electron chi connectivity index (χ1n) is 6.91. The number of rotatable bonds is 3. The lowest BCUT2D eigenvalue weighted by Crippen LogP contribution is -2.40. The van der Waals surface area contributed by atoms with Crippen LogP contribution in [0.15, 0.2) is 18.2 Å². The van der Waals surface area contributed by atoms with E-state index in [1.54, 1.807) is 6.07 Å². The van der Waals surface area contributed by atoms with Gasteiger partial charge >= 0.3 is 0 Å². The highest BCUT2D eigenvalue weighted by Crippen LogP contribution is 2.15. The van der Waals surface area contributed by atoms with E-state index in [9.17, 15) is 4.39 Å². The molecule has 1 aliphatic rings. The minimum Gasteiger partial charge on any atom is -0.395 e. The molecule has 3 nitrogen and oxygen atoms in total. The largest absolute Gasteiger partial charge is 0.395 e. The molecule has 2 rings (SSSR count). The van der Waals surface area contributed by atoms with Gasteiger partial charge in [0, 0.05) is 37.2 Å². The molecule has 0 amide bonds. The van der Waals surface area contributed by atoms with Crippen LogP contribution in [0, 0.1) is 17.7 Å². The van der Waals surface area contributed by atoms with Gasteiger partial charge in [-0.05, 0) is 19.1 Å². The molecular formula is C16H20FNO2. The van der Waals surface area contributed by atoms with Crippen molar-refractivity contribution in [2.75, 3.05) is 26.3 Å². The van der Waals surface area contributed by atoms with Gasteiger partial charge < -0.3 is 9.84 Å². The van der Waals surface area contributed by atoms with Crippen molar-refractivity contribution < 1.29 is 14.2 Å². The first-order chi connectivity index (χ1) is 9.69. The average Bonchev–Trinajstić information content (AvgIpc) is 2.42. The molecule has 0 saturated carbocycles. The maximum Gasteiger partial charge on any atom is 0.128 e. The molecule has 0 aliphatic carbocycles. The molecule has 4 heteroatoms. The summed E-state index contributed by atoms with van der Waals surface area (Å²) in [6.45, 7) is 5.03. The maximum absolute atomic E-state index is 14.0. The summed E-state index contributed by atoms with van der Waals surface area (Å²) >= 11 is 0.